The molecule has 3 fully saturated rings. The van der Waals surface area contributed by atoms with E-state index in [1.54, 1.807) is 9.80 Å². The van der Waals surface area contributed by atoms with Gasteiger partial charge in [-0.15, -0.1) is 0 Å². The van der Waals surface area contributed by atoms with Crippen LogP contribution in [0.15, 0.2) is 0 Å². The Balaban J connectivity index is 1.41. The molecule has 0 bridgehead atoms. The van der Waals surface area contributed by atoms with E-state index < -0.39 is 5.60 Å². The first-order valence-electron chi connectivity index (χ1n) is 9.67. The van der Waals surface area contributed by atoms with Gasteiger partial charge in [0, 0.05) is 45.7 Å². The molecule has 9 heteroatoms. The van der Waals surface area contributed by atoms with Crippen LogP contribution in [0.3, 0.4) is 0 Å². The molecule has 0 spiro atoms. The predicted molar refractivity (Wildman–Crippen MR) is 97.0 cm³/mol. The van der Waals surface area contributed by atoms with Crippen LogP contribution in [-0.4, -0.2) is 89.9 Å². The van der Waals surface area contributed by atoms with Gasteiger partial charge in [0.25, 0.3) is 0 Å². The van der Waals surface area contributed by atoms with E-state index in [2.05, 4.69) is 10.2 Å². The molecular weight excluding hydrogens is 352 g/mol. The van der Waals surface area contributed by atoms with E-state index >= 15 is 0 Å². The van der Waals surface area contributed by atoms with Crippen LogP contribution in [0.4, 0.5) is 9.59 Å². The Morgan fingerprint density at radius 1 is 1.15 bits per heavy atom. The summed E-state index contributed by atoms with van der Waals surface area (Å²) in [5.41, 5.74) is -0.480. The van der Waals surface area contributed by atoms with Crippen LogP contribution in [-0.2, 0) is 14.3 Å². The molecule has 9 nitrogen and oxygen atoms in total. The molecule has 27 heavy (non-hydrogen) atoms. The fraction of sp³-hybridized carbons (Fsp3) is 0.833. The monoisotopic (exact) mass is 382 g/mol. The van der Waals surface area contributed by atoms with Gasteiger partial charge in [-0.1, -0.05) is 0 Å². The molecule has 3 aliphatic rings. The van der Waals surface area contributed by atoms with Crippen molar-refractivity contribution in [2.24, 2.45) is 0 Å². The zero-order valence-electron chi connectivity index (χ0n) is 16.4. The normalized spacial score (nSPS) is 27.7. The van der Waals surface area contributed by atoms with Gasteiger partial charge >= 0.3 is 12.1 Å². The van der Waals surface area contributed by atoms with E-state index in [1.807, 2.05) is 20.8 Å². The molecule has 0 unspecified atom stereocenters. The summed E-state index contributed by atoms with van der Waals surface area (Å²) in [4.78, 5) is 41.0. The topological polar surface area (TPSA) is 91.4 Å². The minimum Gasteiger partial charge on any atom is -0.444 e. The largest absolute Gasteiger partial charge is 0.444 e. The van der Waals surface area contributed by atoms with Crippen molar-refractivity contribution in [3.63, 3.8) is 0 Å². The lowest BCUT2D eigenvalue weighted by molar-refractivity contribution is -0.123. The summed E-state index contributed by atoms with van der Waals surface area (Å²) in [6, 6.07) is -0.358. The van der Waals surface area contributed by atoms with Crippen molar-refractivity contribution in [1.82, 2.24) is 20.0 Å². The van der Waals surface area contributed by atoms with Gasteiger partial charge < -0.3 is 14.4 Å². The molecule has 0 saturated carbocycles. The Morgan fingerprint density at radius 3 is 2.48 bits per heavy atom. The number of piperazine rings is 1. The van der Waals surface area contributed by atoms with Crippen molar-refractivity contribution < 1.29 is 23.9 Å². The average molecular weight is 382 g/mol. The lowest BCUT2D eigenvalue weighted by atomic mass is 10.2. The third-order valence-corrected chi connectivity index (χ3v) is 5.01. The van der Waals surface area contributed by atoms with Gasteiger partial charge in [-0.2, -0.15) is 0 Å². The molecule has 4 amide bonds. The van der Waals surface area contributed by atoms with Crippen LogP contribution in [0.1, 0.15) is 40.0 Å². The first-order chi connectivity index (χ1) is 12.7. The molecule has 0 aliphatic carbocycles. The van der Waals surface area contributed by atoms with Gasteiger partial charge in [0.15, 0.2) is 0 Å². The van der Waals surface area contributed by atoms with Gasteiger partial charge in [-0.25, -0.2) is 9.59 Å². The van der Waals surface area contributed by atoms with E-state index in [4.69, 9.17) is 9.47 Å². The number of imide groups is 1. The maximum absolute atomic E-state index is 12.1. The Labute approximate surface area is 159 Å². The van der Waals surface area contributed by atoms with Gasteiger partial charge in [0.2, 0.25) is 5.91 Å². The summed E-state index contributed by atoms with van der Waals surface area (Å²) in [5.74, 6) is -0.228. The maximum Gasteiger partial charge on any atom is 0.410 e. The van der Waals surface area contributed by atoms with E-state index in [-0.39, 0.29) is 30.4 Å². The fourth-order valence-electron chi connectivity index (χ4n) is 3.63. The van der Waals surface area contributed by atoms with E-state index in [0.717, 1.165) is 32.5 Å². The number of nitrogens with one attached hydrogen (secondary N) is 1. The van der Waals surface area contributed by atoms with Gasteiger partial charge in [-0.3, -0.25) is 19.9 Å². The number of rotatable bonds is 3. The zero-order chi connectivity index (χ0) is 19.6. The second-order valence-corrected chi connectivity index (χ2v) is 8.35. The van der Waals surface area contributed by atoms with Crippen molar-refractivity contribution in [3.8, 4) is 0 Å². The number of urea groups is 1. The number of amides is 4. The van der Waals surface area contributed by atoms with E-state index in [0.29, 0.717) is 26.1 Å². The van der Waals surface area contributed by atoms with Crippen molar-refractivity contribution >= 4 is 18.0 Å². The Kier molecular flexibility index (Phi) is 5.90. The molecule has 1 N–H and O–H groups in total. The number of hydrogen-bond donors (Lipinski definition) is 1. The van der Waals surface area contributed by atoms with Crippen LogP contribution in [0.5, 0.6) is 0 Å². The van der Waals surface area contributed by atoms with Crippen LogP contribution in [0.25, 0.3) is 0 Å². The highest BCUT2D eigenvalue weighted by Crippen LogP contribution is 2.25. The Bertz CT molecular complexity index is 583. The Hall–Kier alpha value is -1.87. The summed E-state index contributed by atoms with van der Waals surface area (Å²) in [5, 5.41) is 2.34. The summed E-state index contributed by atoms with van der Waals surface area (Å²) >= 11 is 0. The van der Waals surface area contributed by atoms with Gasteiger partial charge in [0.1, 0.15) is 11.8 Å². The SMILES string of the molecule is CC(C)(C)OC(=O)N1CCN(C[C@@H]2CC[C@H](N3CCC(=O)NC3=O)O2)CC1. The summed E-state index contributed by atoms with van der Waals surface area (Å²) < 4.78 is 11.5. The highest BCUT2D eigenvalue weighted by atomic mass is 16.6. The average Bonchev–Trinajstić information content (AvgIpc) is 3.02. The van der Waals surface area contributed by atoms with Crippen molar-refractivity contribution in [3.05, 3.63) is 0 Å². The molecule has 3 saturated heterocycles. The molecule has 0 aromatic rings. The van der Waals surface area contributed by atoms with Crippen LogP contribution >= 0.6 is 0 Å². The smallest absolute Gasteiger partial charge is 0.410 e. The van der Waals surface area contributed by atoms with Crippen molar-refractivity contribution in [2.75, 3.05) is 39.3 Å². The van der Waals surface area contributed by atoms with E-state index in [1.165, 1.54) is 0 Å². The lowest BCUT2D eigenvalue weighted by Crippen LogP contribution is -2.54. The zero-order valence-corrected chi connectivity index (χ0v) is 16.4. The molecule has 3 rings (SSSR count). The molecule has 152 valence electrons. The molecule has 0 radical (unpaired) electrons. The van der Waals surface area contributed by atoms with Crippen LogP contribution in [0.2, 0.25) is 0 Å². The maximum atomic E-state index is 12.1. The summed E-state index contributed by atoms with van der Waals surface area (Å²) in [6.45, 7) is 9.65. The lowest BCUT2D eigenvalue weighted by Gasteiger charge is -2.36. The number of carbonyl (C=O) groups is 3. The Morgan fingerprint density at radius 2 is 1.85 bits per heavy atom. The second-order valence-electron chi connectivity index (χ2n) is 8.35. The fourth-order valence-corrected chi connectivity index (χ4v) is 3.63. The first kappa shape index (κ1) is 19.9. The summed E-state index contributed by atoms with van der Waals surface area (Å²) in [6.07, 6.45) is 1.53. The second kappa shape index (κ2) is 8.02. The van der Waals surface area contributed by atoms with Crippen molar-refractivity contribution in [2.45, 2.75) is 58.0 Å². The number of nitrogens with zero attached hydrogens (tertiary/aromatic N) is 3. The quantitative estimate of drug-likeness (QED) is 0.783. The number of ether oxygens (including phenoxy) is 2. The highest BCUT2D eigenvalue weighted by molar-refractivity contribution is 5.96. The van der Waals surface area contributed by atoms with Gasteiger partial charge in [-0.05, 0) is 33.6 Å². The third-order valence-electron chi connectivity index (χ3n) is 5.01. The minimum atomic E-state index is -0.480. The molecule has 0 aromatic carbocycles. The highest BCUT2D eigenvalue weighted by Gasteiger charge is 2.36. The van der Waals surface area contributed by atoms with E-state index in [9.17, 15) is 14.4 Å². The molecule has 3 heterocycles. The number of carbonyl (C=O) groups excluding carboxylic acids is 3. The third kappa shape index (κ3) is 5.32. The molecule has 3 aliphatic heterocycles. The molecule has 0 aromatic heterocycles. The van der Waals surface area contributed by atoms with Crippen molar-refractivity contribution in [1.29, 1.82) is 0 Å². The minimum absolute atomic E-state index is 0.0634. The van der Waals surface area contributed by atoms with Crippen LogP contribution in [0, 0.1) is 0 Å². The molecular formula is C18H30N4O5. The van der Waals surface area contributed by atoms with Crippen LogP contribution < -0.4 is 5.32 Å². The first-order valence-corrected chi connectivity index (χ1v) is 9.67. The number of hydrogen-bond acceptors (Lipinski definition) is 6. The molecule has 2 atom stereocenters. The van der Waals surface area contributed by atoms with Gasteiger partial charge in [0.05, 0.1) is 6.10 Å². The predicted octanol–water partition coefficient (Wildman–Crippen LogP) is 0.986. The standard InChI is InChI=1S/C18H30N4O5/c1-18(2,3)27-17(25)21-10-8-20(9-11-21)12-13-4-5-15(26-13)22-7-6-14(23)19-16(22)24/h13,15H,4-12H2,1-3H3,(H,19,23,24)/t13-,15+/m0/s1. The summed E-state index contributed by atoms with van der Waals surface area (Å²) in [7, 11) is 0.